The van der Waals surface area contributed by atoms with Gasteiger partial charge in [0, 0.05) is 0 Å². The van der Waals surface area contributed by atoms with Gasteiger partial charge in [-0.25, -0.2) is 4.39 Å². The van der Waals surface area contributed by atoms with Gasteiger partial charge in [0.1, 0.15) is 5.82 Å². The molecule has 0 aliphatic carbocycles. The number of hydrogen-bond acceptors (Lipinski definition) is 2. The zero-order chi connectivity index (χ0) is 8.97. The molecule has 2 N–H and O–H groups in total. The highest BCUT2D eigenvalue weighted by Gasteiger charge is 1.98. The maximum Gasteiger partial charge on any atom is 0.480 e. The third kappa shape index (κ3) is 2.86. The van der Waals surface area contributed by atoms with E-state index in [1.807, 2.05) is 0 Å². The predicted octanol–water partition coefficient (Wildman–Crippen LogP) is 0.851. The van der Waals surface area contributed by atoms with Gasteiger partial charge >= 0.3 is 7.12 Å². The largest absolute Gasteiger partial charge is 0.480 e. The van der Waals surface area contributed by atoms with Crippen molar-refractivity contribution >= 4 is 13.2 Å². The summed E-state index contributed by atoms with van der Waals surface area (Å²) in [6, 6.07) is 5.85. The molecule has 0 atom stereocenters. The van der Waals surface area contributed by atoms with Crippen molar-refractivity contribution in [1.29, 1.82) is 0 Å². The van der Waals surface area contributed by atoms with Crippen molar-refractivity contribution in [2.75, 3.05) is 0 Å². The van der Waals surface area contributed by atoms with Gasteiger partial charge in [0.25, 0.3) is 0 Å². The van der Waals surface area contributed by atoms with Gasteiger partial charge < -0.3 is 10.0 Å². The van der Waals surface area contributed by atoms with Gasteiger partial charge in [-0.3, -0.25) is 0 Å². The van der Waals surface area contributed by atoms with Crippen LogP contribution >= 0.6 is 0 Å². The molecular weight excluding hydrogens is 158 g/mol. The zero-order valence-electron chi connectivity index (χ0n) is 6.31. The summed E-state index contributed by atoms with van der Waals surface area (Å²) in [5, 5.41) is 16.9. The first-order valence-corrected chi connectivity index (χ1v) is 3.48. The van der Waals surface area contributed by atoms with Gasteiger partial charge in [0.05, 0.1) is 0 Å². The molecule has 1 aromatic rings. The molecular formula is C8H8BFO2. The molecule has 0 radical (unpaired) electrons. The van der Waals surface area contributed by atoms with Gasteiger partial charge in [-0.1, -0.05) is 24.2 Å². The lowest BCUT2D eigenvalue weighted by Crippen LogP contribution is -2.05. The lowest BCUT2D eigenvalue weighted by atomic mass is 9.91. The fourth-order valence-electron chi connectivity index (χ4n) is 0.807. The van der Waals surface area contributed by atoms with E-state index in [0.717, 1.165) is 5.98 Å². The highest BCUT2D eigenvalue weighted by atomic mass is 19.1. The summed E-state index contributed by atoms with van der Waals surface area (Å²) in [7, 11) is -1.49. The van der Waals surface area contributed by atoms with E-state index in [9.17, 15) is 4.39 Å². The molecule has 0 aliphatic heterocycles. The standard InChI is InChI=1S/C8H8BFO2/c10-8-3-1-2-7(6-8)4-5-9(11)12/h1-6,11-12H. The molecule has 0 saturated carbocycles. The van der Waals surface area contributed by atoms with Gasteiger partial charge in [-0.2, -0.15) is 0 Å². The first-order chi connectivity index (χ1) is 5.68. The zero-order valence-corrected chi connectivity index (χ0v) is 6.31. The molecule has 1 aromatic carbocycles. The van der Waals surface area contributed by atoms with E-state index in [0.29, 0.717) is 5.56 Å². The fourth-order valence-corrected chi connectivity index (χ4v) is 0.807. The number of benzene rings is 1. The Kier molecular flexibility index (Phi) is 3.02. The smallest absolute Gasteiger partial charge is 0.424 e. The molecule has 2 nitrogen and oxygen atoms in total. The molecule has 0 amide bonds. The third-order valence-electron chi connectivity index (χ3n) is 1.31. The van der Waals surface area contributed by atoms with Crippen molar-refractivity contribution in [3.8, 4) is 0 Å². The van der Waals surface area contributed by atoms with E-state index in [4.69, 9.17) is 10.0 Å². The summed E-state index contributed by atoms with van der Waals surface area (Å²) in [5.74, 6) is 0.818. The van der Waals surface area contributed by atoms with Crippen molar-refractivity contribution < 1.29 is 14.4 Å². The minimum Gasteiger partial charge on any atom is -0.424 e. The van der Waals surface area contributed by atoms with Crippen molar-refractivity contribution in [2.45, 2.75) is 0 Å². The third-order valence-corrected chi connectivity index (χ3v) is 1.31. The van der Waals surface area contributed by atoms with E-state index in [1.54, 1.807) is 12.1 Å². The highest BCUT2D eigenvalue weighted by molar-refractivity contribution is 6.48. The van der Waals surface area contributed by atoms with Crippen molar-refractivity contribution in [2.24, 2.45) is 0 Å². The van der Waals surface area contributed by atoms with Gasteiger partial charge in [0.2, 0.25) is 0 Å². The van der Waals surface area contributed by atoms with Crippen LogP contribution in [-0.2, 0) is 0 Å². The molecule has 1 rings (SSSR count). The Hall–Kier alpha value is -1.13. The highest BCUT2D eigenvalue weighted by Crippen LogP contribution is 2.04. The van der Waals surface area contributed by atoms with Crippen LogP contribution in [0.3, 0.4) is 0 Å². The Morgan fingerprint density at radius 1 is 1.33 bits per heavy atom. The maximum absolute atomic E-state index is 12.5. The molecule has 0 spiro atoms. The molecule has 0 heterocycles. The van der Waals surface area contributed by atoms with E-state index >= 15 is 0 Å². The van der Waals surface area contributed by atoms with Crippen LogP contribution in [0, 0.1) is 5.82 Å². The fraction of sp³-hybridized carbons (Fsp3) is 0. The van der Waals surface area contributed by atoms with Crippen LogP contribution < -0.4 is 0 Å². The molecule has 0 unspecified atom stereocenters. The second-order valence-electron chi connectivity index (χ2n) is 2.33. The summed E-state index contributed by atoms with van der Waals surface area (Å²) in [6.45, 7) is 0. The Labute approximate surface area is 70.1 Å². The van der Waals surface area contributed by atoms with Crippen LogP contribution in [0.2, 0.25) is 0 Å². The van der Waals surface area contributed by atoms with E-state index < -0.39 is 7.12 Å². The summed E-state index contributed by atoms with van der Waals surface area (Å²) < 4.78 is 12.5. The second kappa shape index (κ2) is 4.04. The van der Waals surface area contributed by atoms with Crippen LogP contribution in [0.5, 0.6) is 0 Å². The van der Waals surface area contributed by atoms with E-state index in [1.165, 1.54) is 18.2 Å². The Morgan fingerprint density at radius 2 is 2.08 bits per heavy atom. The van der Waals surface area contributed by atoms with E-state index in [-0.39, 0.29) is 5.82 Å². The minimum atomic E-state index is -1.49. The van der Waals surface area contributed by atoms with Crippen molar-refractivity contribution in [3.05, 3.63) is 41.6 Å². The molecule has 0 aromatic heterocycles. The SMILES string of the molecule is OB(O)C=Cc1cccc(F)c1. The first-order valence-electron chi connectivity index (χ1n) is 3.48. The topological polar surface area (TPSA) is 40.5 Å². The molecule has 62 valence electrons. The number of halogens is 1. The van der Waals surface area contributed by atoms with Gasteiger partial charge in [0.15, 0.2) is 0 Å². The summed E-state index contributed by atoms with van der Waals surface area (Å²) in [6.07, 6.45) is 1.44. The van der Waals surface area contributed by atoms with Crippen LogP contribution in [0.4, 0.5) is 4.39 Å². The van der Waals surface area contributed by atoms with Gasteiger partial charge in [-0.15, -0.1) is 0 Å². The predicted molar refractivity (Wildman–Crippen MR) is 45.6 cm³/mol. The lowest BCUT2D eigenvalue weighted by Gasteiger charge is -1.92. The summed E-state index contributed by atoms with van der Waals surface area (Å²) >= 11 is 0. The number of hydrogen-bond donors (Lipinski definition) is 2. The Balaban J connectivity index is 2.76. The molecule has 0 bridgehead atoms. The maximum atomic E-state index is 12.5. The summed E-state index contributed by atoms with van der Waals surface area (Å²) in [4.78, 5) is 0. The monoisotopic (exact) mass is 166 g/mol. The average Bonchev–Trinajstić information content (AvgIpc) is 2.01. The van der Waals surface area contributed by atoms with Gasteiger partial charge in [-0.05, 0) is 17.7 Å². The summed E-state index contributed by atoms with van der Waals surface area (Å²) in [5.41, 5.74) is 0.600. The quantitative estimate of drug-likeness (QED) is 0.639. The molecule has 0 fully saturated rings. The van der Waals surface area contributed by atoms with Crippen molar-refractivity contribution in [3.63, 3.8) is 0 Å². The number of rotatable bonds is 2. The van der Waals surface area contributed by atoms with Crippen molar-refractivity contribution in [1.82, 2.24) is 0 Å². The minimum absolute atomic E-state index is 0.343. The average molecular weight is 166 g/mol. The van der Waals surface area contributed by atoms with Crippen LogP contribution in [0.25, 0.3) is 6.08 Å². The Bertz CT molecular complexity index is 286. The second-order valence-corrected chi connectivity index (χ2v) is 2.33. The normalized spacial score (nSPS) is 10.6. The van der Waals surface area contributed by atoms with Crippen LogP contribution in [0.15, 0.2) is 30.2 Å². The molecule has 0 saturated heterocycles. The van der Waals surface area contributed by atoms with Crippen LogP contribution in [0.1, 0.15) is 5.56 Å². The molecule has 0 aliphatic rings. The molecule has 12 heavy (non-hydrogen) atoms. The lowest BCUT2D eigenvalue weighted by molar-refractivity contribution is 0.424. The first kappa shape index (κ1) is 8.97. The van der Waals surface area contributed by atoms with Crippen LogP contribution in [-0.4, -0.2) is 17.2 Å². The Morgan fingerprint density at radius 3 is 2.67 bits per heavy atom. The molecule has 4 heteroatoms. The van der Waals surface area contributed by atoms with E-state index in [2.05, 4.69) is 0 Å².